The van der Waals surface area contributed by atoms with Crippen molar-refractivity contribution in [3.63, 3.8) is 0 Å². The molecule has 4 rings (SSSR count). The lowest BCUT2D eigenvalue weighted by atomic mass is 10.00. The fourth-order valence-electron chi connectivity index (χ4n) is 3.82. The number of ketones is 1. The number of Topliss-reactive ketones (excluding diaryl/α,β-unsaturated/α-hetero) is 1. The zero-order valence-electron chi connectivity index (χ0n) is 22.1. The minimum absolute atomic E-state index is 0.0281. The predicted octanol–water partition coefficient (Wildman–Crippen LogP) is 6.32. The molecule has 2 aromatic carbocycles. The molecule has 4 aromatic rings. The van der Waals surface area contributed by atoms with Crippen molar-refractivity contribution in [2.45, 2.75) is 45.3 Å². The van der Waals surface area contributed by atoms with E-state index in [1.165, 1.54) is 12.1 Å². The topological polar surface area (TPSA) is 90.4 Å². The van der Waals surface area contributed by atoms with Gasteiger partial charge in [-0.1, -0.05) is 12.1 Å². The second kappa shape index (κ2) is 12.3. The van der Waals surface area contributed by atoms with E-state index in [9.17, 15) is 14.0 Å². The maximum absolute atomic E-state index is 13.3. The number of alkyl carbamates (subject to hydrolysis) is 1. The number of nitrogens with zero attached hydrogens (tertiary/aromatic N) is 2. The Balaban J connectivity index is 1.46. The highest BCUT2D eigenvalue weighted by Crippen LogP contribution is 2.25. The lowest BCUT2D eigenvalue weighted by Gasteiger charge is -2.23. The van der Waals surface area contributed by atoms with Gasteiger partial charge in [0, 0.05) is 30.1 Å². The van der Waals surface area contributed by atoms with Crippen molar-refractivity contribution < 1.29 is 23.5 Å². The Morgan fingerprint density at radius 1 is 0.923 bits per heavy atom. The van der Waals surface area contributed by atoms with Crippen LogP contribution in [0.5, 0.6) is 11.5 Å². The summed E-state index contributed by atoms with van der Waals surface area (Å²) in [7, 11) is 0. The number of ether oxygens (including phenoxy) is 2. The SMILES string of the molecule is CC(C)(C)OC(=O)N[C@@H](Cc1cccnc1)C(=O)Cc1cccc(-c2ccc(Oc3ccc(F)cc3)cc2)n1. The fraction of sp³-hybridized carbons (Fsp3) is 0.226. The number of pyridine rings is 2. The highest BCUT2D eigenvalue weighted by molar-refractivity contribution is 5.89. The molecule has 2 heterocycles. The van der Waals surface area contributed by atoms with E-state index in [2.05, 4.69) is 15.3 Å². The Kier molecular flexibility index (Phi) is 8.66. The van der Waals surface area contributed by atoms with E-state index in [0.717, 1.165) is 11.1 Å². The summed E-state index contributed by atoms with van der Waals surface area (Å²) in [5, 5.41) is 2.72. The van der Waals surface area contributed by atoms with Gasteiger partial charge in [0.05, 0.1) is 18.2 Å². The van der Waals surface area contributed by atoms with Crippen LogP contribution >= 0.6 is 0 Å². The number of benzene rings is 2. The van der Waals surface area contributed by atoms with Crippen molar-refractivity contribution in [3.8, 4) is 22.8 Å². The molecule has 2 aromatic heterocycles. The molecule has 0 aliphatic carbocycles. The first-order valence-corrected chi connectivity index (χ1v) is 12.6. The largest absolute Gasteiger partial charge is 0.457 e. The van der Waals surface area contributed by atoms with E-state index in [1.807, 2.05) is 30.3 Å². The molecule has 0 radical (unpaired) electrons. The first kappa shape index (κ1) is 27.4. The van der Waals surface area contributed by atoms with Crippen LogP contribution in [0.15, 0.2) is 91.3 Å². The summed E-state index contributed by atoms with van der Waals surface area (Å²) >= 11 is 0. The van der Waals surface area contributed by atoms with Gasteiger partial charge in [0.2, 0.25) is 0 Å². The fourth-order valence-corrected chi connectivity index (χ4v) is 3.82. The van der Waals surface area contributed by atoms with Crippen LogP contribution in [0.4, 0.5) is 9.18 Å². The Morgan fingerprint density at radius 2 is 1.62 bits per heavy atom. The molecule has 0 fully saturated rings. The van der Waals surface area contributed by atoms with Crippen LogP contribution in [-0.2, 0) is 22.4 Å². The number of amides is 1. The van der Waals surface area contributed by atoms with Crippen LogP contribution in [-0.4, -0.2) is 33.5 Å². The number of rotatable bonds is 9. The molecule has 39 heavy (non-hydrogen) atoms. The molecular formula is C31H30FN3O4. The summed E-state index contributed by atoms with van der Waals surface area (Å²) in [6.45, 7) is 5.30. The number of hydrogen-bond donors (Lipinski definition) is 1. The van der Waals surface area contributed by atoms with E-state index in [0.29, 0.717) is 22.9 Å². The van der Waals surface area contributed by atoms with Gasteiger partial charge in [-0.3, -0.25) is 14.8 Å². The molecule has 0 spiro atoms. The lowest BCUT2D eigenvalue weighted by Crippen LogP contribution is -2.45. The maximum atomic E-state index is 13.3. The minimum Gasteiger partial charge on any atom is -0.457 e. The number of carbonyl (C=O) groups excluding carboxylic acids is 2. The van der Waals surface area contributed by atoms with E-state index in [4.69, 9.17) is 9.47 Å². The first-order chi connectivity index (χ1) is 18.6. The highest BCUT2D eigenvalue weighted by Gasteiger charge is 2.25. The van der Waals surface area contributed by atoms with Crippen molar-refractivity contribution in [3.05, 3.63) is 108 Å². The maximum Gasteiger partial charge on any atom is 0.408 e. The first-order valence-electron chi connectivity index (χ1n) is 12.6. The van der Waals surface area contributed by atoms with Gasteiger partial charge in [-0.15, -0.1) is 0 Å². The quantitative estimate of drug-likeness (QED) is 0.274. The summed E-state index contributed by atoms with van der Waals surface area (Å²) < 4.78 is 24.3. The third kappa shape index (κ3) is 8.46. The van der Waals surface area contributed by atoms with Crippen LogP contribution in [0.3, 0.4) is 0 Å². The van der Waals surface area contributed by atoms with Crippen LogP contribution < -0.4 is 10.1 Å². The minimum atomic E-state index is -0.808. The third-order valence-corrected chi connectivity index (χ3v) is 5.60. The van der Waals surface area contributed by atoms with E-state index >= 15 is 0 Å². The standard InChI is InChI=1S/C31H30FN3O4/c1-31(2,3)39-30(37)35-28(18-21-6-5-17-33-20-21)29(36)19-24-7-4-8-27(34-24)22-9-13-25(14-10-22)38-26-15-11-23(32)12-16-26/h4-17,20,28H,18-19H2,1-3H3,(H,35,37)/t28-/m0/s1. The van der Waals surface area contributed by atoms with Crippen LogP contribution in [0.2, 0.25) is 0 Å². The average molecular weight is 528 g/mol. The Morgan fingerprint density at radius 3 is 2.26 bits per heavy atom. The second-order valence-electron chi connectivity index (χ2n) is 10.0. The summed E-state index contributed by atoms with van der Waals surface area (Å²) in [5.74, 6) is 0.607. The molecule has 1 atom stereocenters. The summed E-state index contributed by atoms with van der Waals surface area (Å²) in [4.78, 5) is 34.6. The van der Waals surface area contributed by atoms with Gasteiger partial charge in [0.1, 0.15) is 22.9 Å². The smallest absolute Gasteiger partial charge is 0.408 e. The Labute approximate surface area is 227 Å². The van der Waals surface area contributed by atoms with Gasteiger partial charge in [-0.25, -0.2) is 9.18 Å². The molecule has 0 unspecified atom stereocenters. The van der Waals surface area contributed by atoms with Crippen LogP contribution in [0.1, 0.15) is 32.0 Å². The number of halogens is 1. The van der Waals surface area contributed by atoms with E-state index in [-0.39, 0.29) is 24.4 Å². The third-order valence-electron chi connectivity index (χ3n) is 5.60. The van der Waals surface area contributed by atoms with Crippen molar-refractivity contribution >= 4 is 11.9 Å². The molecule has 0 aliphatic heterocycles. The molecule has 7 nitrogen and oxygen atoms in total. The Hall–Kier alpha value is -4.59. The Bertz CT molecular complexity index is 1400. The van der Waals surface area contributed by atoms with E-state index < -0.39 is 17.7 Å². The van der Waals surface area contributed by atoms with Crippen LogP contribution in [0, 0.1) is 5.82 Å². The predicted molar refractivity (Wildman–Crippen MR) is 146 cm³/mol. The van der Waals surface area contributed by atoms with Gasteiger partial charge >= 0.3 is 6.09 Å². The second-order valence-corrected chi connectivity index (χ2v) is 10.0. The molecule has 1 amide bonds. The zero-order valence-corrected chi connectivity index (χ0v) is 22.1. The molecule has 0 saturated heterocycles. The van der Waals surface area contributed by atoms with Gasteiger partial charge in [-0.2, -0.15) is 0 Å². The monoisotopic (exact) mass is 527 g/mol. The number of nitrogens with one attached hydrogen (secondary N) is 1. The molecule has 1 N–H and O–H groups in total. The highest BCUT2D eigenvalue weighted by atomic mass is 19.1. The summed E-state index contributed by atoms with van der Waals surface area (Å²) in [5.41, 5.74) is 2.23. The number of aromatic nitrogens is 2. The number of carbonyl (C=O) groups is 2. The van der Waals surface area contributed by atoms with Crippen molar-refractivity contribution in [1.29, 1.82) is 0 Å². The number of hydrogen-bond acceptors (Lipinski definition) is 6. The van der Waals surface area contributed by atoms with Crippen molar-refractivity contribution in [2.75, 3.05) is 0 Å². The molecule has 0 bridgehead atoms. The van der Waals surface area contributed by atoms with Gasteiger partial charge < -0.3 is 14.8 Å². The van der Waals surface area contributed by atoms with Crippen LogP contribution in [0.25, 0.3) is 11.3 Å². The van der Waals surface area contributed by atoms with Crippen molar-refractivity contribution in [2.24, 2.45) is 0 Å². The molecule has 8 heteroatoms. The van der Waals surface area contributed by atoms with Gasteiger partial charge in [-0.05, 0) is 93.1 Å². The van der Waals surface area contributed by atoms with Crippen molar-refractivity contribution in [1.82, 2.24) is 15.3 Å². The molecular weight excluding hydrogens is 497 g/mol. The molecule has 0 aliphatic rings. The molecule has 0 saturated carbocycles. The van der Waals surface area contributed by atoms with Gasteiger partial charge in [0.25, 0.3) is 0 Å². The van der Waals surface area contributed by atoms with E-state index in [1.54, 1.807) is 69.6 Å². The summed E-state index contributed by atoms with van der Waals surface area (Å²) in [6, 6.07) is 21.4. The normalized spacial score (nSPS) is 11.9. The molecule has 200 valence electrons. The average Bonchev–Trinajstić information content (AvgIpc) is 2.90. The van der Waals surface area contributed by atoms with Gasteiger partial charge in [0.15, 0.2) is 5.78 Å². The summed E-state index contributed by atoms with van der Waals surface area (Å²) in [6.07, 6.45) is 2.97. The lowest BCUT2D eigenvalue weighted by molar-refractivity contribution is -0.120. The zero-order chi connectivity index (χ0) is 27.8.